The molecule has 0 unspecified atom stereocenters. The van der Waals surface area contributed by atoms with E-state index in [0.29, 0.717) is 0 Å². The van der Waals surface area contributed by atoms with Crippen LogP contribution in [-0.4, -0.2) is 78.7 Å². The van der Waals surface area contributed by atoms with Crippen molar-refractivity contribution in [2.45, 2.75) is 24.4 Å². The average Bonchev–Trinajstić information content (AvgIpc) is 2.31. The predicted molar refractivity (Wildman–Crippen MR) is 54.1 cm³/mol. The highest BCUT2D eigenvalue weighted by Gasteiger charge is 2.34. The minimum Gasteiger partial charge on any atom is -0.393 e. The third-order valence-electron chi connectivity index (χ3n) is 1.92. The van der Waals surface area contributed by atoms with Crippen molar-refractivity contribution in [1.82, 2.24) is 0 Å². The van der Waals surface area contributed by atoms with Crippen molar-refractivity contribution in [2.75, 3.05) is 13.2 Å². The summed E-state index contributed by atoms with van der Waals surface area (Å²) in [5.74, 6) is -1.35. The Morgan fingerprint density at radius 1 is 1.17 bits per heavy atom. The Kier molecular flexibility index (Phi) is 7.07. The van der Waals surface area contributed by atoms with E-state index in [-0.39, 0.29) is 0 Å². The van der Waals surface area contributed by atoms with Crippen molar-refractivity contribution in [3.05, 3.63) is 0 Å². The second-order valence-corrected chi connectivity index (χ2v) is 4.63. The zero-order valence-electron chi connectivity index (χ0n) is 9.03. The van der Waals surface area contributed by atoms with E-state index in [9.17, 15) is 24.7 Å². The van der Waals surface area contributed by atoms with Crippen molar-refractivity contribution in [3.8, 4) is 0 Å². The van der Waals surface area contributed by atoms with Gasteiger partial charge in [0.1, 0.15) is 24.4 Å². The van der Waals surface area contributed by atoms with Crippen LogP contribution in [0.15, 0.2) is 0 Å². The van der Waals surface area contributed by atoms with Crippen LogP contribution < -0.4 is 0 Å². The molecule has 4 atom stereocenters. The summed E-state index contributed by atoms with van der Waals surface area (Å²) >= 11 is 0. The molecule has 0 radical (unpaired) electrons. The lowest BCUT2D eigenvalue weighted by molar-refractivity contribution is -0.149. The zero-order chi connectivity index (χ0) is 14.5. The number of carbonyl (C=O) groups is 1. The molecule has 7 N–H and O–H groups in total. The summed E-state index contributed by atoms with van der Waals surface area (Å²) in [6.07, 6.45) is -8.28. The molecule has 0 aliphatic rings. The van der Waals surface area contributed by atoms with E-state index in [0.717, 1.165) is 0 Å². The smallest absolute Gasteiger partial charge is 0.393 e. The Hall–Kier alpha value is -0.420. The fraction of sp³-hybridized carbons (Fsp3) is 0.857. The molecular formula is C7H15O10P. The van der Waals surface area contributed by atoms with Gasteiger partial charge in [0.2, 0.25) is 0 Å². The number of rotatable bonds is 8. The molecule has 10 nitrogen and oxygen atoms in total. The van der Waals surface area contributed by atoms with Gasteiger partial charge >= 0.3 is 7.82 Å². The van der Waals surface area contributed by atoms with Gasteiger partial charge in [-0.3, -0.25) is 9.32 Å². The van der Waals surface area contributed by atoms with Gasteiger partial charge in [0, 0.05) is 0 Å². The molecule has 11 heteroatoms. The Bertz CT molecular complexity index is 313. The van der Waals surface area contributed by atoms with E-state index in [1.165, 1.54) is 0 Å². The van der Waals surface area contributed by atoms with Gasteiger partial charge in [0.05, 0.1) is 13.2 Å². The van der Waals surface area contributed by atoms with E-state index in [1.807, 2.05) is 0 Å². The van der Waals surface area contributed by atoms with Crippen LogP contribution in [0, 0.1) is 0 Å². The van der Waals surface area contributed by atoms with Gasteiger partial charge in [-0.15, -0.1) is 0 Å². The molecule has 0 spiro atoms. The highest BCUT2D eigenvalue weighted by Crippen LogP contribution is 2.35. The lowest BCUT2D eigenvalue weighted by Gasteiger charge is -2.23. The lowest BCUT2D eigenvalue weighted by atomic mass is 10.0. The summed E-state index contributed by atoms with van der Waals surface area (Å²) in [4.78, 5) is 27.7. The number of Topliss-reactive ketones (excluding diaryl/α,β-unsaturated/α-hetero) is 1. The quantitative estimate of drug-likeness (QED) is 0.218. The van der Waals surface area contributed by atoms with Crippen LogP contribution in [0.4, 0.5) is 0 Å². The van der Waals surface area contributed by atoms with Crippen molar-refractivity contribution in [2.24, 2.45) is 0 Å². The molecule has 0 amide bonds. The average molecular weight is 290 g/mol. The third-order valence-corrected chi connectivity index (χ3v) is 2.41. The number of aliphatic hydroxyl groups excluding tert-OH is 5. The standard InChI is InChI=1S/C7H15O10P/c8-1-3(9)5(11)7(13)6(12)4(10)2-17-18(14,15)16/h3-4,6-10,12-13H,1-2H2,(H2,14,15,16)/t3-,4+,6+,7+/m0/s1. The van der Waals surface area contributed by atoms with Gasteiger partial charge < -0.3 is 35.3 Å². The summed E-state index contributed by atoms with van der Waals surface area (Å²) in [7, 11) is -4.87. The lowest BCUT2D eigenvalue weighted by Crippen LogP contribution is -2.48. The SMILES string of the molecule is O=C([C@@H](O)[C@H](O)[C@H](O)COP(=O)(O)O)[C@@H](O)CO. The van der Waals surface area contributed by atoms with Crippen molar-refractivity contribution >= 4 is 13.6 Å². The second-order valence-electron chi connectivity index (χ2n) is 3.39. The molecule has 0 aromatic rings. The first-order valence-electron chi connectivity index (χ1n) is 4.67. The highest BCUT2D eigenvalue weighted by molar-refractivity contribution is 7.46. The number of ketones is 1. The van der Waals surface area contributed by atoms with Gasteiger partial charge in [-0.2, -0.15) is 0 Å². The fourth-order valence-electron chi connectivity index (χ4n) is 0.938. The highest BCUT2D eigenvalue weighted by atomic mass is 31.2. The van der Waals surface area contributed by atoms with Crippen LogP contribution in [0.25, 0.3) is 0 Å². The number of aliphatic hydroxyl groups is 5. The van der Waals surface area contributed by atoms with E-state index in [1.54, 1.807) is 0 Å². The number of hydrogen-bond donors (Lipinski definition) is 7. The maximum absolute atomic E-state index is 11.1. The maximum Gasteiger partial charge on any atom is 0.469 e. The first-order valence-corrected chi connectivity index (χ1v) is 6.20. The van der Waals surface area contributed by atoms with Crippen molar-refractivity contribution in [3.63, 3.8) is 0 Å². The molecule has 0 rings (SSSR count). The van der Waals surface area contributed by atoms with E-state index in [2.05, 4.69) is 4.52 Å². The summed E-state index contributed by atoms with van der Waals surface area (Å²) in [5, 5.41) is 44.9. The Morgan fingerprint density at radius 3 is 2.06 bits per heavy atom. The summed E-state index contributed by atoms with van der Waals surface area (Å²) in [6, 6.07) is 0. The number of carbonyl (C=O) groups excluding carboxylic acids is 1. The molecule has 108 valence electrons. The molecule has 0 aromatic carbocycles. The first kappa shape index (κ1) is 17.6. The molecular weight excluding hydrogens is 275 g/mol. The van der Waals surface area contributed by atoms with Crippen LogP contribution in [0.5, 0.6) is 0 Å². The largest absolute Gasteiger partial charge is 0.469 e. The van der Waals surface area contributed by atoms with Crippen LogP contribution in [0.3, 0.4) is 0 Å². The van der Waals surface area contributed by atoms with Gasteiger partial charge in [-0.05, 0) is 0 Å². The molecule has 0 aliphatic heterocycles. The minimum absolute atomic E-state index is 0.988. The number of phosphoric acid groups is 1. The maximum atomic E-state index is 11.1. The van der Waals surface area contributed by atoms with Gasteiger partial charge in [0.25, 0.3) is 0 Å². The Morgan fingerprint density at radius 2 is 1.67 bits per heavy atom. The van der Waals surface area contributed by atoms with Crippen LogP contribution in [0.2, 0.25) is 0 Å². The molecule has 0 fully saturated rings. The summed E-state index contributed by atoms with van der Waals surface area (Å²) in [6.45, 7) is -2.03. The predicted octanol–water partition coefficient (Wildman–Crippen LogP) is -3.90. The molecule has 0 saturated carbocycles. The minimum atomic E-state index is -4.87. The van der Waals surface area contributed by atoms with Gasteiger partial charge in [-0.25, -0.2) is 4.57 Å². The third kappa shape index (κ3) is 5.96. The Labute approximate surface area is 101 Å². The van der Waals surface area contributed by atoms with Crippen LogP contribution in [-0.2, 0) is 13.9 Å². The second kappa shape index (κ2) is 7.24. The zero-order valence-corrected chi connectivity index (χ0v) is 9.92. The topological polar surface area (TPSA) is 185 Å². The van der Waals surface area contributed by atoms with Crippen LogP contribution >= 0.6 is 7.82 Å². The van der Waals surface area contributed by atoms with E-state index >= 15 is 0 Å². The number of hydrogen-bond acceptors (Lipinski definition) is 8. The molecule has 0 bridgehead atoms. The van der Waals surface area contributed by atoms with Gasteiger partial charge in [0.15, 0.2) is 5.78 Å². The molecule has 0 heterocycles. The van der Waals surface area contributed by atoms with Gasteiger partial charge in [-0.1, -0.05) is 0 Å². The number of phosphoric ester groups is 1. The van der Waals surface area contributed by atoms with E-state index in [4.69, 9.17) is 20.0 Å². The summed E-state index contributed by atoms with van der Waals surface area (Å²) in [5.41, 5.74) is 0. The van der Waals surface area contributed by atoms with Crippen molar-refractivity contribution < 1.29 is 49.2 Å². The molecule has 0 aromatic heterocycles. The first-order chi connectivity index (χ1) is 8.10. The van der Waals surface area contributed by atoms with Crippen LogP contribution in [0.1, 0.15) is 0 Å². The Balaban J connectivity index is 4.41. The molecule has 0 aliphatic carbocycles. The molecule has 0 saturated heterocycles. The normalized spacial score (nSPS) is 19.1. The summed E-state index contributed by atoms with van der Waals surface area (Å²) < 4.78 is 14.1. The molecule has 18 heavy (non-hydrogen) atoms. The van der Waals surface area contributed by atoms with Crippen molar-refractivity contribution in [1.29, 1.82) is 0 Å². The fourth-order valence-corrected chi connectivity index (χ4v) is 1.28. The monoisotopic (exact) mass is 290 g/mol. The van der Waals surface area contributed by atoms with E-state index < -0.39 is 51.2 Å².